The van der Waals surface area contributed by atoms with E-state index >= 15 is 0 Å². The van der Waals surface area contributed by atoms with Crippen LogP contribution in [0.25, 0.3) is 0 Å². The molecule has 1 saturated heterocycles. The number of benzene rings is 1. The molecule has 1 amide bonds. The van der Waals surface area contributed by atoms with Gasteiger partial charge in [0.15, 0.2) is 5.96 Å². The molecular formula is C23H33FIN5O2. The number of rotatable bonds is 9. The first-order chi connectivity index (χ1) is 15.1. The van der Waals surface area contributed by atoms with Gasteiger partial charge < -0.3 is 20.4 Å². The third kappa shape index (κ3) is 7.47. The fourth-order valence-corrected chi connectivity index (χ4v) is 3.63. The molecule has 9 heteroatoms. The number of nitrogens with one attached hydrogen (secondary N) is 3. The summed E-state index contributed by atoms with van der Waals surface area (Å²) in [6, 6.07) is 8.52. The highest BCUT2D eigenvalue weighted by atomic mass is 127. The zero-order valence-corrected chi connectivity index (χ0v) is 21.0. The Kier molecular flexibility index (Phi) is 10.9. The topological polar surface area (TPSA) is 81.9 Å². The molecule has 2 aromatic rings. The van der Waals surface area contributed by atoms with Crippen molar-refractivity contribution in [1.82, 2.24) is 20.9 Å². The first-order valence-electron chi connectivity index (χ1n) is 10.9. The normalized spacial score (nSPS) is 15.2. The number of amides is 1. The van der Waals surface area contributed by atoms with Crippen LogP contribution in [-0.4, -0.2) is 56.0 Å². The maximum absolute atomic E-state index is 13.7. The van der Waals surface area contributed by atoms with E-state index in [4.69, 9.17) is 9.41 Å². The summed E-state index contributed by atoms with van der Waals surface area (Å²) in [5.74, 6) is 0.944. The minimum absolute atomic E-state index is 0. The number of carbonyl (C=O) groups is 1. The second-order valence-corrected chi connectivity index (χ2v) is 7.64. The van der Waals surface area contributed by atoms with Gasteiger partial charge in [-0.3, -0.25) is 14.7 Å². The van der Waals surface area contributed by atoms with E-state index in [0.717, 1.165) is 25.4 Å². The first-order valence-corrected chi connectivity index (χ1v) is 10.9. The molecule has 0 bridgehead atoms. The van der Waals surface area contributed by atoms with E-state index in [2.05, 4.69) is 20.9 Å². The molecule has 1 fully saturated rings. The van der Waals surface area contributed by atoms with Gasteiger partial charge in [-0.25, -0.2) is 4.39 Å². The molecule has 0 aliphatic carbocycles. The summed E-state index contributed by atoms with van der Waals surface area (Å²) in [6.07, 6.45) is 4.10. The van der Waals surface area contributed by atoms with Crippen LogP contribution >= 0.6 is 24.0 Å². The molecule has 0 saturated carbocycles. The van der Waals surface area contributed by atoms with Crippen LogP contribution in [0.2, 0.25) is 0 Å². The number of halogens is 2. The highest BCUT2D eigenvalue weighted by Gasteiger charge is 2.25. The zero-order valence-electron chi connectivity index (χ0n) is 18.7. The summed E-state index contributed by atoms with van der Waals surface area (Å²) in [4.78, 5) is 19.4. The molecule has 2 heterocycles. The Labute approximate surface area is 206 Å². The molecule has 1 aliphatic rings. The van der Waals surface area contributed by atoms with Crippen LogP contribution < -0.4 is 16.0 Å². The smallest absolute Gasteiger partial charge is 0.251 e. The van der Waals surface area contributed by atoms with Crippen molar-refractivity contribution in [2.24, 2.45) is 4.99 Å². The van der Waals surface area contributed by atoms with E-state index in [-0.39, 0.29) is 41.7 Å². The number of likely N-dealkylation sites (tertiary alicyclic amines) is 1. The molecule has 176 valence electrons. The standard InChI is InChI=1S/C23H32FN5O2.HI/c1-3-25-23(27-11-10-26-22(30)18-9-8-17(2)19(24)15-18)28-16-20(21-7-6-14-31-21)29-12-4-5-13-29;/h6-9,14-15,20H,3-5,10-13,16H2,1-2H3,(H,26,30)(H2,25,27,28);1H. The predicted octanol–water partition coefficient (Wildman–Crippen LogP) is 3.47. The summed E-state index contributed by atoms with van der Waals surface area (Å²) in [6.45, 7) is 7.99. The van der Waals surface area contributed by atoms with Crippen molar-refractivity contribution in [3.63, 3.8) is 0 Å². The van der Waals surface area contributed by atoms with Gasteiger partial charge in [0, 0.05) is 25.2 Å². The Hall–Kier alpha value is -2.14. The molecule has 1 aromatic heterocycles. The van der Waals surface area contributed by atoms with E-state index in [1.165, 1.54) is 18.9 Å². The third-order valence-corrected chi connectivity index (χ3v) is 5.36. The van der Waals surface area contributed by atoms with Crippen molar-refractivity contribution in [1.29, 1.82) is 0 Å². The molecule has 1 aliphatic heterocycles. The average Bonchev–Trinajstić information content (AvgIpc) is 3.48. The molecule has 3 rings (SSSR count). The van der Waals surface area contributed by atoms with Crippen molar-refractivity contribution in [2.45, 2.75) is 32.7 Å². The van der Waals surface area contributed by atoms with E-state index < -0.39 is 0 Å². The van der Waals surface area contributed by atoms with Gasteiger partial charge in [-0.2, -0.15) is 0 Å². The van der Waals surface area contributed by atoms with Gasteiger partial charge >= 0.3 is 0 Å². The van der Waals surface area contributed by atoms with Crippen molar-refractivity contribution in [3.8, 4) is 0 Å². The fraction of sp³-hybridized carbons (Fsp3) is 0.478. The number of hydrogen-bond acceptors (Lipinski definition) is 4. The lowest BCUT2D eigenvalue weighted by Crippen LogP contribution is -2.42. The second kappa shape index (κ2) is 13.4. The van der Waals surface area contributed by atoms with Crippen molar-refractivity contribution in [2.75, 3.05) is 39.3 Å². The predicted molar refractivity (Wildman–Crippen MR) is 135 cm³/mol. The Balaban J connectivity index is 0.00000363. The van der Waals surface area contributed by atoms with Crippen molar-refractivity contribution >= 4 is 35.8 Å². The number of guanidine groups is 1. The van der Waals surface area contributed by atoms with Crippen LogP contribution in [-0.2, 0) is 0 Å². The minimum atomic E-state index is -0.378. The summed E-state index contributed by atoms with van der Waals surface area (Å²) in [5, 5.41) is 9.28. The maximum atomic E-state index is 13.7. The third-order valence-electron chi connectivity index (χ3n) is 5.36. The molecule has 7 nitrogen and oxygen atoms in total. The van der Waals surface area contributed by atoms with Gasteiger partial charge in [0.1, 0.15) is 11.6 Å². The molecule has 3 N–H and O–H groups in total. The van der Waals surface area contributed by atoms with Gasteiger partial charge in [0.2, 0.25) is 0 Å². The largest absolute Gasteiger partial charge is 0.468 e. The SMILES string of the molecule is CCNC(=NCC(c1ccco1)N1CCCC1)NCCNC(=O)c1ccc(C)c(F)c1.I. The van der Waals surface area contributed by atoms with Crippen LogP contribution in [0.5, 0.6) is 0 Å². The van der Waals surface area contributed by atoms with Gasteiger partial charge in [-0.15, -0.1) is 24.0 Å². The summed E-state index contributed by atoms with van der Waals surface area (Å²) in [5.41, 5.74) is 0.835. The number of aliphatic imine (C=N–C) groups is 1. The first kappa shape index (κ1) is 26.1. The molecular weight excluding hydrogens is 524 g/mol. The Morgan fingerprint density at radius 3 is 2.59 bits per heavy atom. The number of nitrogens with zero attached hydrogens (tertiary/aromatic N) is 2. The van der Waals surface area contributed by atoms with E-state index in [1.54, 1.807) is 25.3 Å². The molecule has 1 aromatic carbocycles. The van der Waals surface area contributed by atoms with Gasteiger partial charge in [-0.05, 0) is 69.6 Å². The lowest BCUT2D eigenvalue weighted by Gasteiger charge is -2.24. The van der Waals surface area contributed by atoms with Gasteiger partial charge in [0.05, 0.1) is 18.8 Å². The highest BCUT2D eigenvalue weighted by Crippen LogP contribution is 2.25. The molecule has 0 radical (unpaired) electrons. The van der Waals surface area contributed by atoms with Gasteiger partial charge in [0.25, 0.3) is 5.91 Å². The van der Waals surface area contributed by atoms with Crippen LogP contribution in [0.1, 0.15) is 47.5 Å². The summed E-state index contributed by atoms with van der Waals surface area (Å²) < 4.78 is 19.3. The Morgan fingerprint density at radius 1 is 1.19 bits per heavy atom. The molecule has 32 heavy (non-hydrogen) atoms. The second-order valence-electron chi connectivity index (χ2n) is 7.64. The monoisotopic (exact) mass is 557 g/mol. The van der Waals surface area contributed by atoms with Crippen LogP contribution in [0.3, 0.4) is 0 Å². The molecule has 0 spiro atoms. The Morgan fingerprint density at radius 2 is 1.94 bits per heavy atom. The maximum Gasteiger partial charge on any atom is 0.251 e. The lowest BCUT2D eigenvalue weighted by atomic mass is 10.1. The number of carbonyl (C=O) groups excluding carboxylic acids is 1. The van der Waals surface area contributed by atoms with Gasteiger partial charge in [-0.1, -0.05) is 6.07 Å². The molecule has 1 atom stereocenters. The fourth-order valence-electron chi connectivity index (χ4n) is 3.63. The highest BCUT2D eigenvalue weighted by molar-refractivity contribution is 14.0. The number of furan rings is 1. The average molecular weight is 557 g/mol. The lowest BCUT2D eigenvalue weighted by molar-refractivity contribution is 0.0954. The van der Waals surface area contributed by atoms with E-state index in [0.29, 0.717) is 36.7 Å². The zero-order chi connectivity index (χ0) is 22.1. The van der Waals surface area contributed by atoms with E-state index in [9.17, 15) is 9.18 Å². The minimum Gasteiger partial charge on any atom is -0.468 e. The van der Waals surface area contributed by atoms with Crippen LogP contribution in [0.15, 0.2) is 46.0 Å². The Bertz CT molecular complexity index is 869. The summed E-state index contributed by atoms with van der Waals surface area (Å²) >= 11 is 0. The molecule has 1 unspecified atom stereocenters. The number of hydrogen-bond donors (Lipinski definition) is 3. The quantitative estimate of drug-likeness (QED) is 0.191. The number of aryl methyl sites for hydroxylation is 1. The van der Waals surface area contributed by atoms with Crippen molar-refractivity contribution < 1.29 is 13.6 Å². The summed E-state index contributed by atoms with van der Waals surface area (Å²) in [7, 11) is 0. The van der Waals surface area contributed by atoms with E-state index in [1.807, 2.05) is 19.1 Å². The van der Waals surface area contributed by atoms with Crippen molar-refractivity contribution in [3.05, 3.63) is 59.3 Å². The van der Waals surface area contributed by atoms with Crippen LogP contribution in [0, 0.1) is 12.7 Å². The van der Waals surface area contributed by atoms with Crippen LogP contribution in [0.4, 0.5) is 4.39 Å².